The van der Waals surface area contributed by atoms with Gasteiger partial charge in [-0.25, -0.2) is 0 Å². The van der Waals surface area contributed by atoms with Gasteiger partial charge in [0, 0.05) is 35.5 Å². The monoisotopic (exact) mass is 561 g/mol. The molecule has 2 aromatic heterocycles. The smallest absolute Gasteiger partial charge is 0.270 e. The molecule has 39 heavy (non-hydrogen) atoms. The molecule has 5 rings (SSSR count). The molecule has 0 spiro atoms. The predicted molar refractivity (Wildman–Crippen MR) is 154 cm³/mol. The van der Waals surface area contributed by atoms with E-state index >= 15 is 0 Å². The number of non-ortho nitro benzene ring substituents is 1. The molecule has 1 fully saturated rings. The van der Waals surface area contributed by atoms with Gasteiger partial charge in [0.25, 0.3) is 5.69 Å². The Balaban J connectivity index is 1.55. The highest BCUT2D eigenvalue weighted by atomic mass is 35.5. The van der Waals surface area contributed by atoms with Crippen LogP contribution in [0, 0.1) is 16.0 Å². The normalized spacial score (nSPS) is 16.8. The van der Waals surface area contributed by atoms with Crippen molar-refractivity contribution >= 4 is 51.9 Å². The zero-order chi connectivity index (χ0) is 27.7. The summed E-state index contributed by atoms with van der Waals surface area (Å²) in [5.41, 5.74) is 2.50. The lowest BCUT2D eigenvalue weighted by Crippen LogP contribution is -2.29. The summed E-state index contributed by atoms with van der Waals surface area (Å²) in [4.78, 5) is 29.5. The van der Waals surface area contributed by atoms with Crippen LogP contribution in [0.2, 0.25) is 5.02 Å². The van der Waals surface area contributed by atoms with Crippen molar-refractivity contribution in [2.45, 2.75) is 25.9 Å². The lowest BCUT2D eigenvalue weighted by Gasteiger charge is -2.26. The van der Waals surface area contributed by atoms with Gasteiger partial charge in [0.15, 0.2) is 5.11 Å². The van der Waals surface area contributed by atoms with Gasteiger partial charge in [-0.05, 0) is 54.7 Å². The first kappa shape index (κ1) is 26.3. The van der Waals surface area contributed by atoms with Gasteiger partial charge < -0.3 is 20.0 Å². The van der Waals surface area contributed by atoms with E-state index in [-0.39, 0.29) is 23.6 Å². The van der Waals surface area contributed by atoms with Crippen LogP contribution in [0.4, 0.5) is 17.1 Å². The second-order valence-electron chi connectivity index (χ2n) is 9.31. The number of carbonyl (C=O) groups excluding carboxylic acids is 1. The van der Waals surface area contributed by atoms with E-state index in [1.807, 2.05) is 35.2 Å². The number of benzene rings is 2. The molecule has 0 radical (unpaired) electrons. The fourth-order valence-electron chi connectivity index (χ4n) is 4.39. The average molecular weight is 562 g/mol. The molecule has 11 heteroatoms. The van der Waals surface area contributed by atoms with Crippen LogP contribution in [0.5, 0.6) is 0 Å². The number of aromatic nitrogens is 1. The molecular formula is C28H24ClN5O4S. The van der Waals surface area contributed by atoms with Crippen molar-refractivity contribution in [3.8, 4) is 11.3 Å². The van der Waals surface area contributed by atoms with E-state index in [0.717, 1.165) is 5.69 Å². The first-order valence-electron chi connectivity index (χ1n) is 12.2. The van der Waals surface area contributed by atoms with Crippen LogP contribution in [0.25, 0.3) is 11.3 Å². The number of halogens is 1. The molecule has 4 aromatic rings. The van der Waals surface area contributed by atoms with Crippen molar-refractivity contribution in [2.75, 3.05) is 10.2 Å². The molecule has 0 unspecified atom stereocenters. The third-order valence-electron chi connectivity index (χ3n) is 6.37. The molecule has 0 aliphatic carbocycles. The first-order chi connectivity index (χ1) is 18.7. The van der Waals surface area contributed by atoms with Crippen LogP contribution < -0.4 is 15.5 Å². The van der Waals surface area contributed by atoms with Crippen LogP contribution in [0.3, 0.4) is 0 Å². The van der Waals surface area contributed by atoms with E-state index in [1.54, 1.807) is 50.4 Å². The van der Waals surface area contributed by atoms with Crippen LogP contribution >= 0.6 is 23.8 Å². The molecule has 9 nitrogen and oxygen atoms in total. The number of hydrogen-bond acceptors (Lipinski definition) is 6. The minimum Gasteiger partial charge on any atom is -0.459 e. The van der Waals surface area contributed by atoms with E-state index in [0.29, 0.717) is 38.6 Å². The molecule has 2 aromatic carbocycles. The fourth-order valence-corrected chi connectivity index (χ4v) is 4.96. The molecule has 0 saturated carbocycles. The van der Waals surface area contributed by atoms with Gasteiger partial charge in [0.1, 0.15) is 17.6 Å². The predicted octanol–water partition coefficient (Wildman–Crippen LogP) is 6.67. The van der Waals surface area contributed by atoms with E-state index < -0.39 is 11.0 Å². The van der Waals surface area contributed by atoms with Crippen molar-refractivity contribution in [3.05, 3.63) is 106 Å². The molecule has 3 heterocycles. The Kier molecular flexibility index (Phi) is 7.32. The van der Waals surface area contributed by atoms with Crippen molar-refractivity contribution < 1.29 is 14.1 Å². The summed E-state index contributed by atoms with van der Waals surface area (Å²) in [6.07, 6.45) is 1.71. The van der Waals surface area contributed by atoms with Gasteiger partial charge in [-0.1, -0.05) is 43.6 Å². The average Bonchev–Trinajstić information content (AvgIpc) is 3.55. The van der Waals surface area contributed by atoms with Crippen LogP contribution in [-0.4, -0.2) is 20.9 Å². The zero-order valence-corrected chi connectivity index (χ0v) is 22.6. The number of nitrogens with zero attached hydrogens (tertiary/aromatic N) is 3. The van der Waals surface area contributed by atoms with E-state index in [2.05, 4.69) is 15.6 Å². The summed E-state index contributed by atoms with van der Waals surface area (Å²) in [7, 11) is 0. The number of furan rings is 1. The minimum atomic E-state index is -0.452. The summed E-state index contributed by atoms with van der Waals surface area (Å²) in [6.45, 7) is 3.61. The number of carbonyl (C=O) groups is 1. The minimum absolute atomic E-state index is 0.0264. The number of amides is 1. The number of nitro benzene ring substituents is 1. The van der Waals surface area contributed by atoms with Gasteiger partial charge in [-0.2, -0.15) is 0 Å². The van der Waals surface area contributed by atoms with Crippen LogP contribution in [0.1, 0.15) is 37.4 Å². The highest BCUT2D eigenvalue weighted by Gasteiger charge is 2.42. The number of nitro groups is 1. The van der Waals surface area contributed by atoms with Crippen LogP contribution in [0.15, 0.2) is 83.4 Å². The standard InChI is InChI=1S/C28H24ClN5O4S/c1-16(2)27(35)31-21-10-9-18(15-20(21)29)33-26(25(32-28(33)39)22-8-3-4-13-30-22)24-12-11-23(38-24)17-6-5-7-19(14-17)34(36)37/h3-16,25-26H,1-2H3,(H,31,35)(H,32,39)/t25-,26+/m1/s1. The number of thiocarbonyl (C=S) groups is 1. The largest absolute Gasteiger partial charge is 0.459 e. The summed E-state index contributed by atoms with van der Waals surface area (Å²) >= 11 is 12.3. The van der Waals surface area contributed by atoms with Gasteiger partial charge in [0.2, 0.25) is 5.91 Å². The molecule has 1 aliphatic rings. The molecule has 2 atom stereocenters. The Morgan fingerprint density at radius 2 is 1.97 bits per heavy atom. The second kappa shape index (κ2) is 10.8. The fraction of sp³-hybridized carbons (Fsp3) is 0.179. The van der Waals surface area contributed by atoms with Gasteiger partial charge in [-0.15, -0.1) is 0 Å². The van der Waals surface area contributed by atoms with E-state index in [4.69, 9.17) is 28.2 Å². The lowest BCUT2D eigenvalue weighted by molar-refractivity contribution is -0.384. The summed E-state index contributed by atoms with van der Waals surface area (Å²) in [5, 5.41) is 18.3. The third-order valence-corrected chi connectivity index (χ3v) is 7.00. The van der Waals surface area contributed by atoms with Crippen molar-refractivity contribution in [1.29, 1.82) is 0 Å². The Bertz CT molecular complexity index is 1560. The quantitative estimate of drug-likeness (QED) is 0.146. The Morgan fingerprint density at radius 1 is 1.15 bits per heavy atom. The molecule has 2 N–H and O–H groups in total. The Labute approximate surface area is 235 Å². The summed E-state index contributed by atoms with van der Waals surface area (Å²) in [5.74, 6) is 0.725. The SMILES string of the molecule is CC(C)C(=O)Nc1ccc(N2C(=S)N[C@H](c3ccccn3)[C@@H]2c2ccc(-c3cccc([N+](=O)[O-])c3)o2)cc1Cl. The lowest BCUT2D eigenvalue weighted by atomic mass is 10.0. The Hall–Kier alpha value is -4.28. The van der Waals surface area contributed by atoms with Crippen molar-refractivity contribution in [2.24, 2.45) is 5.92 Å². The second-order valence-corrected chi connectivity index (χ2v) is 10.1. The van der Waals surface area contributed by atoms with E-state index in [1.165, 1.54) is 12.1 Å². The molecule has 1 aliphatic heterocycles. The third kappa shape index (κ3) is 5.34. The van der Waals surface area contributed by atoms with Crippen molar-refractivity contribution in [1.82, 2.24) is 10.3 Å². The number of nitrogens with one attached hydrogen (secondary N) is 2. The number of pyridine rings is 1. The molecule has 0 bridgehead atoms. The summed E-state index contributed by atoms with van der Waals surface area (Å²) in [6, 6.07) is 20.0. The topological polar surface area (TPSA) is 114 Å². The molecule has 1 saturated heterocycles. The number of hydrogen-bond donors (Lipinski definition) is 2. The van der Waals surface area contributed by atoms with Gasteiger partial charge in [-0.3, -0.25) is 19.9 Å². The molecule has 1 amide bonds. The first-order valence-corrected chi connectivity index (χ1v) is 13.0. The van der Waals surface area contributed by atoms with Gasteiger partial charge >= 0.3 is 0 Å². The van der Waals surface area contributed by atoms with E-state index in [9.17, 15) is 14.9 Å². The van der Waals surface area contributed by atoms with Gasteiger partial charge in [0.05, 0.1) is 27.4 Å². The zero-order valence-electron chi connectivity index (χ0n) is 21.0. The van der Waals surface area contributed by atoms with Crippen LogP contribution in [-0.2, 0) is 4.79 Å². The number of rotatable bonds is 7. The van der Waals surface area contributed by atoms with Crippen molar-refractivity contribution in [3.63, 3.8) is 0 Å². The Morgan fingerprint density at radius 3 is 2.67 bits per heavy atom. The number of anilines is 2. The maximum atomic E-state index is 12.2. The molecule has 198 valence electrons. The maximum absolute atomic E-state index is 12.2. The maximum Gasteiger partial charge on any atom is 0.270 e. The molecular weight excluding hydrogens is 538 g/mol. The highest BCUT2D eigenvalue weighted by molar-refractivity contribution is 7.80. The summed E-state index contributed by atoms with van der Waals surface area (Å²) < 4.78 is 6.29. The highest BCUT2D eigenvalue weighted by Crippen LogP contribution is 2.44.